The molecule has 3 rings (SSSR count). The van der Waals surface area contributed by atoms with Gasteiger partial charge < -0.3 is 10.2 Å². The third kappa shape index (κ3) is 3.88. The number of nitro groups is 1. The Morgan fingerprint density at radius 1 is 1.25 bits per heavy atom. The number of nitro benzene ring substituents is 1. The number of carbonyl (C=O) groups is 2. The van der Waals surface area contributed by atoms with Gasteiger partial charge in [-0.3, -0.25) is 19.7 Å². The second kappa shape index (κ2) is 8.21. The first kappa shape index (κ1) is 19.5. The highest BCUT2D eigenvalue weighted by Crippen LogP contribution is 2.31. The first-order valence-electron chi connectivity index (χ1n) is 9.41. The van der Waals surface area contributed by atoms with E-state index in [9.17, 15) is 19.7 Å². The van der Waals surface area contributed by atoms with Crippen LogP contribution in [0.4, 0.5) is 17.1 Å². The SMILES string of the molecule is CCCCN1C(=O)CCc2cc(NC(=O)c3cccc([N+](=O)[O-])c3C)ccc21. The van der Waals surface area contributed by atoms with Crippen molar-refractivity contribution in [1.82, 2.24) is 0 Å². The highest BCUT2D eigenvalue weighted by molar-refractivity contribution is 6.06. The van der Waals surface area contributed by atoms with Crippen LogP contribution in [0.1, 0.15) is 47.7 Å². The van der Waals surface area contributed by atoms with Crippen LogP contribution in [0.25, 0.3) is 0 Å². The number of benzene rings is 2. The molecule has 2 amide bonds. The fraction of sp³-hybridized carbons (Fsp3) is 0.333. The Balaban J connectivity index is 1.83. The van der Waals surface area contributed by atoms with Crippen molar-refractivity contribution in [2.45, 2.75) is 39.5 Å². The van der Waals surface area contributed by atoms with Crippen LogP contribution in [0.3, 0.4) is 0 Å². The van der Waals surface area contributed by atoms with Gasteiger partial charge in [0.05, 0.1) is 4.92 Å². The molecule has 0 radical (unpaired) electrons. The Kier molecular flexibility index (Phi) is 5.73. The van der Waals surface area contributed by atoms with Crippen LogP contribution in [-0.4, -0.2) is 23.3 Å². The van der Waals surface area contributed by atoms with Crippen LogP contribution in [-0.2, 0) is 11.2 Å². The molecule has 7 nitrogen and oxygen atoms in total. The second-order valence-electron chi connectivity index (χ2n) is 6.90. The number of anilines is 2. The van der Waals surface area contributed by atoms with Gasteiger partial charge in [-0.25, -0.2) is 0 Å². The van der Waals surface area contributed by atoms with Crippen LogP contribution in [0.15, 0.2) is 36.4 Å². The summed E-state index contributed by atoms with van der Waals surface area (Å²) in [4.78, 5) is 37.3. The standard InChI is InChI=1S/C21H23N3O4/c1-3-4-12-23-19-10-9-16(13-15(19)8-11-20(23)25)22-21(26)17-6-5-7-18(14(17)2)24(27)28/h5-7,9-10,13H,3-4,8,11-12H2,1-2H3,(H,22,26). The third-order valence-electron chi connectivity index (χ3n) is 5.02. The lowest BCUT2D eigenvalue weighted by Gasteiger charge is -2.29. The van der Waals surface area contributed by atoms with E-state index in [2.05, 4.69) is 12.2 Å². The fourth-order valence-corrected chi connectivity index (χ4v) is 3.46. The highest BCUT2D eigenvalue weighted by Gasteiger charge is 2.24. The summed E-state index contributed by atoms with van der Waals surface area (Å²) < 4.78 is 0. The largest absolute Gasteiger partial charge is 0.322 e. The van der Waals surface area contributed by atoms with Crippen molar-refractivity contribution in [3.63, 3.8) is 0 Å². The molecule has 1 aliphatic rings. The molecule has 0 aromatic heterocycles. The predicted molar refractivity (Wildman–Crippen MR) is 108 cm³/mol. The molecular formula is C21H23N3O4. The smallest absolute Gasteiger partial charge is 0.273 e. The number of unbranched alkanes of at least 4 members (excludes halogenated alkanes) is 1. The summed E-state index contributed by atoms with van der Waals surface area (Å²) in [5.41, 5.74) is 3.05. The summed E-state index contributed by atoms with van der Waals surface area (Å²) in [6.45, 7) is 4.35. The lowest BCUT2D eigenvalue weighted by Crippen LogP contribution is -2.35. The van der Waals surface area contributed by atoms with E-state index < -0.39 is 10.8 Å². The van der Waals surface area contributed by atoms with E-state index in [1.54, 1.807) is 19.1 Å². The molecule has 1 N–H and O–H groups in total. The minimum absolute atomic E-state index is 0.0804. The maximum atomic E-state index is 12.6. The molecule has 146 valence electrons. The van der Waals surface area contributed by atoms with Gasteiger partial charge in [-0.15, -0.1) is 0 Å². The number of carbonyl (C=O) groups excluding carboxylic acids is 2. The third-order valence-corrected chi connectivity index (χ3v) is 5.02. The van der Waals surface area contributed by atoms with E-state index in [1.807, 2.05) is 17.0 Å². The molecule has 1 heterocycles. The minimum atomic E-state index is -0.493. The zero-order valence-corrected chi connectivity index (χ0v) is 16.0. The van der Waals surface area contributed by atoms with Gasteiger partial charge in [0.15, 0.2) is 0 Å². The first-order valence-corrected chi connectivity index (χ1v) is 9.41. The zero-order valence-electron chi connectivity index (χ0n) is 16.0. The molecule has 0 bridgehead atoms. The van der Waals surface area contributed by atoms with Crippen LogP contribution >= 0.6 is 0 Å². The number of hydrogen-bond donors (Lipinski definition) is 1. The van der Waals surface area contributed by atoms with Crippen molar-refractivity contribution < 1.29 is 14.5 Å². The van der Waals surface area contributed by atoms with Crippen LogP contribution in [0.2, 0.25) is 0 Å². The topological polar surface area (TPSA) is 92.6 Å². The molecule has 0 atom stereocenters. The zero-order chi connectivity index (χ0) is 20.3. The molecule has 7 heteroatoms. The number of nitrogens with one attached hydrogen (secondary N) is 1. The fourth-order valence-electron chi connectivity index (χ4n) is 3.46. The number of aryl methyl sites for hydroxylation is 1. The van der Waals surface area contributed by atoms with Crippen LogP contribution in [0.5, 0.6) is 0 Å². The Labute approximate surface area is 163 Å². The number of amides is 2. The van der Waals surface area contributed by atoms with Crippen molar-refractivity contribution >= 4 is 28.9 Å². The van der Waals surface area contributed by atoms with Crippen LogP contribution in [0, 0.1) is 17.0 Å². The lowest BCUT2D eigenvalue weighted by molar-refractivity contribution is -0.385. The average Bonchev–Trinajstić information content (AvgIpc) is 2.67. The predicted octanol–water partition coefficient (Wildman–Crippen LogP) is 4.23. The Hall–Kier alpha value is -3.22. The van der Waals surface area contributed by atoms with Gasteiger partial charge in [-0.2, -0.15) is 0 Å². The first-order chi connectivity index (χ1) is 13.4. The van der Waals surface area contributed by atoms with Gasteiger partial charge in [0, 0.05) is 41.5 Å². The minimum Gasteiger partial charge on any atom is -0.322 e. The van der Waals surface area contributed by atoms with E-state index in [4.69, 9.17) is 0 Å². The lowest BCUT2D eigenvalue weighted by atomic mass is 9.99. The molecular weight excluding hydrogens is 358 g/mol. The molecule has 0 saturated heterocycles. The molecule has 0 spiro atoms. The van der Waals surface area contributed by atoms with Gasteiger partial charge in [0.1, 0.15) is 0 Å². The van der Waals surface area contributed by atoms with Crippen molar-refractivity contribution in [1.29, 1.82) is 0 Å². The average molecular weight is 381 g/mol. The molecule has 2 aromatic rings. The maximum Gasteiger partial charge on any atom is 0.273 e. The monoisotopic (exact) mass is 381 g/mol. The van der Waals surface area contributed by atoms with E-state index in [1.165, 1.54) is 12.1 Å². The van der Waals surface area contributed by atoms with Gasteiger partial charge in [0.25, 0.3) is 11.6 Å². The van der Waals surface area contributed by atoms with Gasteiger partial charge in [-0.1, -0.05) is 19.4 Å². The number of fused-ring (bicyclic) bond motifs is 1. The summed E-state index contributed by atoms with van der Waals surface area (Å²) in [6, 6.07) is 9.96. The Morgan fingerprint density at radius 2 is 2.04 bits per heavy atom. The summed E-state index contributed by atoms with van der Waals surface area (Å²) in [6.07, 6.45) is 3.04. The molecule has 0 saturated carbocycles. The van der Waals surface area contributed by atoms with E-state index >= 15 is 0 Å². The van der Waals surface area contributed by atoms with E-state index in [0.717, 1.165) is 24.1 Å². The number of hydrogen-bond acceptors (Lipinski definition) is 4. The second-order valence-corrected chi connectivity index (χ2v) is 6.90. The molecule has 1 aliphatic heterocycles. The molecule has 0 fully saturated rings. The molecule has 0 aliphatic carbocycles. The molecule has 2 aromatic carbocycles. The van der Waals surface area contributed by atoms with Crippen molar-refractivity contribution in [3.05, 3.63) is 63.2 Å². The van der Waals surface area contributed by atoms with E-state index in [0.29, 0.717) is 30.6 Å². The van der Waals surface area contributed by atoms with Crippen molar-refractivity contribution in [2.24, 2.45) is 0 Å². The van der Waals surface area contributed by atoms with E-state index in [-0.39, 0.29) is 17.2 Å². The van der Waals surface area contributed by atoms with Gasteiger partial charge >= 0.3 is 0 Å². The Morgan fingerprint density at radius 3 is 2.75 bits per heavy atom. The normalized spacial score (nSPS) is 13.2. The summed E-state index contributed by atoms with van der Waals surface area (Å²) in [5, 5.41) is 13.9. The maximum absolute atomic E-state index is 12.6. The van der Waals surface area contributed by atoms with Crippen LogP contribution < -0.4 is 10.2 Å². The number of rotatable bonds is 6. The highest BCUT2D eigenvalue weighted by atomic mass is 16.6. The number of nitrogens with zero attached hydrogens (tertiary/aromatic N) is 2. The Bertz CT molecular complexity index is 939. The quantitative estimate of drug-likeness (QED) is 0.598. The van der Waals surface area contributed by atoms with Crippen molar-refractivity contribution in [3.8, 4) is 0 Å². The molecule has 28 heavy (non-hydrogen) atoms. The van der Waals surface area contributed by atoms with Gasteiger partial charge in [-0.05, 0) is 49.6 Å². The van der Waals surface area contributed by atoms with Crippen molar-refractivity contribution in [2.75, 3.05) is 16.8 Å². The van der Waals surface area contributed by atoms with Gasteiger partial charge in [0.2, 0.25) is 5.91 Å². The molecule has 0 unspecified atom stereocenters. The summed E-state index contributed by atoms with van der Waals surface area (Å²) in [7, 11) is 0. The summed E-state index contributed by atoms with van der Waals surface area (Å²) in [5.74, 6) is -0.263. The summed E-state index contributed by atoms with van der Waals surface area (Å²) >= 11 is 0.